The van der Waals surface area contributed by atoms with E-state index in [0.29, 0.717) is 0 Å². The number of rotatable bonds is 8. The summed E-state index contributed by atoms with van der Waals surface area (Å²) < 4.78 is 2.39. The minimum atomic E-state index is -0.486. The van der Waals surface area contributed by atoms with Crippen LogP contribution < -0.4 is 0 Å². The molecule has 1 nitrogen and oxygen atoms in total. The van der Waals surface area contributed by atoms with Crippen molar-refractivity contribution in [2.75, 3.05) is 0 Å². The Morgan fingerprint density at radius 1 is 0.400 bits per heavy atom. The van der Waals surface area contributed by atoms with Crippen molar-refractivity contribution in [3.63, 3.8) is 0 Å². The molecule has 0 atom stereocenters. The summed E-state index contributed by atoms with van der Waals surface area (Å²) >= 11 is 0. The summed E-state index contributed by atoms with van der Waals surface area (Å²) in [5.74, 6) is 0. The molecule has 0 saturated carbocycles. The van der Waals surface area contributed by atoms with Crippen LogP contribution in [0, 0.1) is 0 Å². The quantitative estimate of drug-likeness (QED) is 0.139. The summed E-state index contributed by atoms with van der Waals surface area (Å²) in [5, 5.41) is 2.56. The molecule has 1 aliphatic carbocycles. The maximum Gasteiger partial charge on any atom is 0.0701 e. The third kappa shape index (κ3) is 4.93. The fourth-order valence-electron chi connectivity index (χ4n) is 9.99. The van der Waals surface area contributed by atoms with Gasteiger partial charge in [0.05, 0.1) is 16.4 Å². The van der Waals surface area contributed by atoms with Gasteiger partial charge in [-0.05, 0) is 105 Å². The highest BCUT2D eigenvalue weighted by molar-refractivity contribution is 6.10. The van der Waals surface area contributed by atoms with Crippen LogP contribution in [0.2, 0.25) is 0 Å². The van der Waals surface area contributed by atoms with E-state index in [2.05, 4.69) is 219 Å². The number of benzene rings is 8. The summed E-state index contributed by atoms with van der Waals surface area (Å²) in [7, 11) is 0. The molecular formula is C54H43N. The van der Waals surface area contributed by atoms with E-state index in [1.807, 2.05) is 0 Å². The van der Waals surface area contributed by atoms with Gasteiger partial charge in [-0.3, -0.25) is 0 Å². The van der Waals surface area contributed by atoms with Crippen molar-refractivity contribution < 1.29 is 0 Å². The van der Waals surface area contributed by atoms with E-state index in [1.165, 1.54) is 83.1 Å². The Bertz CT molecular complexity index is 2710. The van der Waals surface area contributed by atoms with E-state index in [0.717, 1.165) is 12.8 Å². The Balaban J connectivity index is 1.15. The van der Waals surface area contributed by atoms with Crippen molar-refractivity contribution in [1.82, 2.24) is 4.57 Å². The van der Waals surface area contributed by atoms with Gasteiger partial charge in [0.2, 0.25) is 0 Å². The average Bonchev–Trinajstić information content (AvgIpc) is 3.74. The van der Waals surface area contributed by atoms with Gasteiger partial charge in [-0.1, -0.05) is 178 Å². The summed E-state index contributed by atoms with van der Waals surface area (Å²) in [5.41, 5.74) is 16.3. The second-order valence-corrected chi connectivity index (χ2v) is 15.1. The number of aromatic nitrogens is 1. The Labute approximate surface area is 324 Å². The van der Waals surface area contributed by atoms with Crippen LogP contribution in [0.4, 0.5) is 0 Å². The van der Waals surface area contributed by atoms with Gasteiger partial charge in [0, 0.05) is 21.9 Å². The molecule has 10 rings (SSSR count). The first kappa shape index (κ1) is 33.2. The lowest BCUT2D eigenvalue weighted by Crippen LogP contribution is -2.32. The van der Waals surface area contributed by atoms with Crippen molar-refractivity contribution in [1.29, 1.82) is 0 Å². The summed E-state index contributed by atoms with van der Waals surface area (Å²) in [6, 6.07) is 74.5. The fourth-order valence-corrected chi connectivity index (χ4v) is 9.99. The lowest BCUT2D eigenvalue weighted by molar-refractivity contribution is 0.489. The molecule has 0 aliphatic heterocycles. The molecule has 9 aromatic rings. The highest BCUT2D eigenvalue weighted by Gasteiger charge is 2.44. The summed E-state index contributed by atoms with van der Waals surface area (Å²) in [6.45, 7) is 4.76. The van der Waals surface area contributed by atoms with Crippen molar-refractivity contribution in [2.24, 2.45) is 0 Å². The zero-order valence-electron chi connectivity index (χ0n) is 31.4. The van der Waals surface area contributed by atoms with Gasteiger partial charge < -0.3 is 4.57 Å². The largest absolute Gasteiger partial charge is 0.309 e. The number of fused-ring (bicyclic) bond motifs is 6. The van der Waals surface area contributed by atoms with Crippen molar-refractivity contribution in [3.8, 4) is 27.9 Å². The predicted octanol–water partition coefficient (Wildman–Crippen LogP) is 13.9. The maximum atomic E-state index is 2.57. The molecule has 264 valence electrons. The van der Waals surface area contributed by atoms with Gasteiger partial charge in [0.25, 0.3) is 0 Å². The minimum Gasteiger partial charge on any atom is -0.309 e. The van der Waals surface area contributed by atoms with E-state index in [9.17, 15) is 0 Å². The molecule has 0 spiro atoms. The van der Waals surface area contributed by atoms with Crippen LogP contribution in [0.15, 0.2) is 200 Å². The lowest BCUT2D eigenvalue weighted by atomic mass is 9.64. The number of hydrogen-bond acceptors (Lipinski definition) is 0. The number of para-hydroxylation sites is 2. The van der Waals surface area contributed by atoms with Gasteiger partial charge in [-0.2, -0.15) is 0 Å². The zero-order chi connectivity index (χ0) is 37.0. The van der Waals surface area contributed by atoms with Crippen molar-refractivity contribution in [2.45, 2.75) is 37.5 Å². The maximum absolute atomic E-state index is 2.57. The van der Waals surface area contributed by atoms with E-state index >= 15 is 0 Å². The molecular weight excluding hydrogens is 663 g/mol. The minimum absolute atomic E-state index is 0.111. The monoisotopic (exact) mass is 705 g/mol. The Morgan fingerprint density at radius 3 is 1.47 bits per heavy atom. The zero-order valence-corrected chi connectivity index (χ0v) is 31.4. The SMILES string of the molecule is CCC1(CC)c2cc(-c3ccc4c(c3)c3ccccc3n4-c3ccccc3)ccc2-c2ccc(C(c3ccccc3)(c3ccccc3)c3ccccc3)cc21. The van der Waals surface area contributed by atoms with E-state index in [1.54, 1.807) is 0 Å². The van der Waals surface area contributed by atoms with Gasteiger partial charge in [-0.25, -0.2) is 0 Å². The topological polar surface area (TPSA) is 4.93 Å². The van der Waals surface area contributed by atoms with E-state index in [4.69, 9.17) is 0 Å². The van der Waals surface area contributed by atoms with Crippen LogP contribution in [0.1, 0.15) is 60.1 Å². The predicted molar refractivity (Wildman–Crippen MR) is 231 cm³/mol. The second kappa shape index (κ2) is 13.1. The highest BCUT2D eigenvalue weighted by Crippen LogP contribution is 2.56. The molecule has 8 aromatic carbocycles. The molecule has 0 amide bonds. The molecule has 0 N–H and O–H groups in total. The highest BCUT2D eigenvalue weighted by atomic mass is 15.0. The van der Waals surface area contributed by atoms with Gasteiger partial charge in [0.1, 0.15) is 0 Å². The molecule has 0 bridgehead atoms. The Kier molecular flexibility index (Phi) is 7.92. The molecule has 0 fully saturated rings. The van der Waals surface area contributed by atoms with Gasteiger partial charge in [0.15, 0.2) is 0 Å². The van der Waals surface area contributed by atoms with Crippen LogP contribution in [0.5, 0.6) is 0 Å². The van der Waals surface area contributed by atoms with Crippen LogP contribution >= 0.6 is 0 Å². The fraction of sp³-hybridized carbons (Fsp3) is 0.111. The summed E-state index contributed by atoms with van der Waals surface area (Å²) in [6.07, 6.45) is 2.05. The molecule has 1 heteroatoms. The molecule has 1 aromatic heterocycles. The molecule has 0 radical (unpaired) electrons. The van der Waals surface area contributed by atoms with Gasteiger partial charge >= 0.3 is 0 Å². The molecule has 1 heterocycles. The van der Waals surface area contributed by atoms with Crippen LogP contribution in [0.25, 0.3) is 49.7 Å². The molecule has 0 unspecified atom stereocenters. The number of nitrogens with zero attached hydrogens (tertiary/aromatic N) is 1. The molecule has 55 heavy (non-hydrogen) atoms. The van der Waals surface area contributed by atoms with E-state index in [-0.39, 0.29) is 5.41 Å². The van der Waals surface area contributed by atoms with E-state index < -0.39 is 5.41 Å². The third-order valence-corrected chi connectivity index (χ3v) is 12.6. The van der Waals surface area contributed by atoms with Crippen LogP contribution in [0.3, 0.4) is 0 Å². The first-order chi connectivity index (χ1) is 27.2. The second-order valence-electron chi connectivity index (χ2n) is 15.1. The normalized spacial score (nSPS) is 13.2. The first-order valence-corrected chi connectivity index (χ1v) is 19.7. The lowest BCUT2D eigenvalue weighted by Gasteiger charge is -2.38. The first-order valence-electron chi connectivity index (χ1n) is 19.7. The number of hydrogen-bond donors (Lipinski definition) is 0. The standard InChI is InChI=1S/C54H43N/c1-3-53(4-2)49-36-39(38-30-34-52-48(35-38)47-27-17-18-28-51(47)55(52)44-25-15-8-16-26-44)29-32-45(49)46-33-31-43(37-50(46)53)54(40-19-9-5-10-20-40,41-21-11-6-12-22-41)42-23-13-7-14-24-42/h5-37H,3-4H2,1-2H3. The smallest absolute Gasteiger partial charge is 0.0701 e. The van der Waals surface area contributed by atoms with Crippen LogP contribution in [-0.2, 0) is 10.8 Å². The third-order valence-electron chi connectivity index (χ3n) is 12.6. The molecule has 1 aliphatic rings. The molecule has 0 saturated heterocycles. The Morgan fingerprint density at radius 2 is 0.873 bits per heavy atom. The van der Waals surface area contributed by atoms with Crippen molar-refractivity contribution >= 4 is 21.8 Å². The van der Waals surface area contributed by atoms with Gasteiger partial charge in [-0.15, -0.1) is 0 Å². The van der Waals surface area contributed by atoms with Crippen molar-refractivity contribution in [3.05, 3.63) is 234 Å². The Hall–Kier alpha value is -6.44. The average molecular weight is 706 g/mol. The van der Waals surface area contributed by atoms with Crippen LogP contribution in [-0.4, -0.2) is 4.57 Å². The summed E-state index contributed by atoms with van der Waals surface area (Å²) in [4.78, 5) is 0.